The van der Waals surface area contributed by atoms with E-state index in [9.17, 15) is 4.79 Å². The van der Waals surface area contributed by atoms with Crippen LogP contribution in [0.2, 0.25) is 0 Å². The Morgan fingerprint density at radius 3 is 2.50 bits per heavy atom. The van der Waals surface area contributed by atoms with E-state index in [0.717, 1.165) is 18.4 Å². The van der Waals surface area contributed by atoms with Crippen molar-refractivity contribution in [3.63, 3.8) is 0 Å². The van der Waals surface area contributed by atoms with Gasteiger partial charge in [-0.15, -0.1) is 11.8 Å². The van der Waals surface area contributed by atoms with E-state index in [0.29, 0.717) is 12.5 Å². The Balaban J connectivity index is 2.27. The quantitative estimate of drug-likeness (QED) is 0.403. The first kappa shape index (κ1) is 15.3. The normalized spacial score (nSPS) is 10.9. The zero-order valence-electron chi connectivity index (χ0n) is 11.4. The van der Waals surface area contributed by atoms with Gasteiger partial charge in [-0.1, -0.05) is 26.0 Å². The fourth-order valence-electron chi connectivity index (χ4n) is 1.62. The molecule has 0 aromatic heterocycles. The minimum atomic E-state index is 0.0622. The highest BCUT2D eigenvalue weighted by molar-refractivity contribution is 7.98. The highest BCUT2D eigenvalue weighted by Gasteiger charge is 2.05. The number of hydrogen-bond donors (Lipinski definition) is 0. The third-order valence-corrected chi connectivity index (χ3v) is 3.46. The Hall–Kier alpha value is -0.800. The zero-order chi connectivity index (χ0) is 13.4. The van der Waals surface area contributed by atoms with E-state index in [1.165, 1.54) is 4.90 Å². The molecule has 1 rings (SSSR count). The van der Waals surface area contributed by atoms with Crippen LogP contribution in [0.15, 0.2) is 29.2 Å². The highest BCUT2D eigenvalue weighted by atomic mass is 32.2. The SMILES string of the molecule is CSc1ccc(C(=O)COCCCC(C)C)cc1. The fraction of sp³-hybridized carbons (Fsp3) is 0.533. The van der Waals surface area contributed by atoms with E-state index in [1.54, 1.807) is 11.8 Å². The summed E-state index contributed by atoms with van der Waals surface area (Å²) in [7, 11) is 0. The van der Waals surface area contributed by atoms with E-state index in [4.69, 9.17) is 4.74 Å². The predicted octanol–water partition coefficient (Wildman–Crippen LogP) is 4.04. The summed E-state index contributed by atoms with van der Waals surface area (Å²) >= 11 is 1.67. The van der Waals surface area contributed by atoms with Gasteiger partial charge in [-0.05, 0) is 37.1 Å². The molecule has 0 fully saturated rings. The molecule has 0 N–H and O–H groups in total. The monoisotopic (exact) mass is 266 g/mol. The number of Topliss-reactive ketones (excluding diaryl/α,β-unsaturated/α-hetero) is 1. The van der Waals surface area contributed by atoms with Crippen molar-refractivity contribution < 1.29 is 9.53 Å². The molecular formula is C15H22O2S. The van der Waals surface area contributed by atoms with E-state index < -0.39 is 0 Å². The number of carbonyl (C=O) groups is 1. The van der Waals surface area contributed by atoms with Gasteiger partial charge < -0.3 is 4.74 Å². The summed E-state index contributed by atoms with van der Waals surface area (Å²) in [5.74, 6) is 0.760. The van der Waals surface area contributed by atoms with Crippen LogP contribution >= 0.6 is 11.8 Å². The van der Waals surface area contributed by atoms with E-state index >= 15 is 0 Å². The van der Waals surface area contributed by atoms with Gasteiger partial charge in [-0.25, -0.2) is 0 Å². The molecule has 2 nitrogen and oxygen atoms in total. The maximum Gasteiger partial charge on any atom is 0.188 e. The van der Waals surface area contributed by atoms with Crippen molar-refractivity contribution in [2.45, 2.75) is 31.6 Å². The molecule has 0 saturated carbocycles. The maximum absolute atomic E-state index is 11.8. The van der Waals surface area contributed by atoms with Gasteiger partial charge in [-0.3, -0.25) is 4.79 Å². The molecule has 3 heteroatoms. The summed E-state index contributed by atoms with van der Waals surface area (Å²) in [5, 5.41) is 0. The lowest BCUT2D eigenvalue weighted by atomic mass is 10.1. The van der Waals surface area contributed by atoms with Crippen LogP contribution in [0.4, 0.5) is 0 Å². The topological polar surface area (TPSA) is 26.3 Å². The lowest BCUT2D eigenvalue weighted by molar-refractivity contribution is 0.0749. The second-order valence-electron chi connectivity index (χ2n) is 4.74. The number of rotatable bonds is 8. The van der Waals surface area contributed by atoms with Crippen molar-refractivity contribution in [1.29, 1.82) is 0 Å². The molecule has 100 valence electrons. The number of hydrogen-bond acceptors (Lipinski definition) is 3. The Kier molecular flexibility index (Phi) is 7.06. The van der Waals surface area contributed by atoms with Gasteiger partial charge in [0.1, 0.15) is 6.61 Å². The van der Waals surface area contributed by atoms with Crippen LogP contribution in [0, 0.1) is 5.92 Å². The summed E-state index contributed by atoms with van der Waals surface area (Å²) in [6, 6.07) is 7.67. The number of benzene rings is 1. The van der Waals surface area contributed by atoms with Crippen molar-refractivity contribution in [2.75, 3.05) is 19.5 Å². The second-order valence-corrected chi connectivity index (χ2v) is 5.62. The first-order valence-electron chi connectivity index (χ1n) is 6.38. The first-order chi connectivity index (χ1) is 8.63. The van der Waals surface area contributed by atoms with Gasteiger partial charge >= 0.3 is 0 Å². The van der Waals surface area contributed by atoms with E-state index in [-0.39, 0.29) is 12.4 Å². The van der Waals surface area contributed by atoms with Crippen molar-refractivity contribution in [3.8, 4) is 0 Å². The molecule has 0 spiro atoms. The molecule has 0 heterocycles. The molecule has 18 heavy (non-hydrogen) atoms. The zero-order valence-corrected chi connectivity index (χ0v) is 12.3. The minimum absolute atomic E-state index is 0.0622. The summed E-state index contributed by atoms with van der Waals surface area (Å²) in [6.45, 7) is 5.25. The van der Waals surface area contributed by atoms with Gasteiger partial charge in [0.25, 0.3) is 0 Å². The van der Waals surface area contributed by atoms with Crippen LogP contribution < -0.4 is 0 Å². The third-order valence-electron chi connectivity index (χ3n) is 2.72. The molecule has 0 aliphatic rings. The number of ether oxygens (including phenoxy) is 1. The lowest BCUT2D eigenvalue weighted by Crippen LogP contribution is -2.10. The van der Waals surface area contributed by atoms with Crippen LogP contribution in [-0.2, 0) is 4.74 Å². The molecule has 0 aliphatic heterocycles. The van der Waals surface area contributed by atoms with Gasteiger partial charge in [-0.2, -0.15) is 0 Å². The second kappa shape index (κ2) is 8.33. The summed E-state index contributed by atoms with van der Waals surface area (Å²) in [6.07, 6.45) is 4.20. The number of carbonyl (C=O) groups excluding carboxylic acids is 1. The van der Waals surface area contributed by atoms with E-state index in [2.05, 4.69) is 13.8 Å². The molecule has 0 aliphatic carbocycles. The molecule has 1 aromatic carbocycles. The predicted molar refractivity (Wildman–Crippen MR) is 77.4 cm³/mol. The minimum Gasteiger partial charge on any atom is -0.373 e. The summed E-state index contributed by atoms with van der Waals surface area (Å²) < 4.78 is 5.40. The summed E-state index contributed by atoms with van der Waals surface area (Å²) in [5.41, 5.74) is 0.733. The molecule has 0 unspecified atom stereocenters. The Morgan fingerprint density at radius 2 is 1.94 bits per heavy atom. The van der Waals surface area contributed by atoms with Crippen molar-refractivity contribution in [2.24, 2.45) is 5.92 Å². The van der Waals surface area contributed by atoms with E-state index in [1.807, 2.05) is 30.5 Å². The molecule has 0 saturated heterocycles. The fourth-order valence-corrected chi connectivity index (χ4v) is 2.03. The Morgan fingerprint density at radius 1 is 1.28 bits per heavy atom. The van der Waals surface area contributed by atoms with Gasteiger partial charge in [0.2, 0.25) is 0 Å². The molecule has 0 atom stereocenters. The van der Waals surface area contributed by atoms with Crippen LogP contribution in [0.25, 0.3) is 0 Å². The molecule has 0 amide bonds. The lowest BCUT2D eigenvalue weighted by Gasteiger charge is -2.06. The summed E-state index contributed by atoms with van der Waals surface area (Å²) in [4.78, 5) is 13.0. The van der Waals surface area contributed by atoms with Gasteiger partial charge in [0, 0.05) is 17.1 Å². The number of ketones is 1. The van der Waals surface area contributed by atoms with Crippen LogP contribution in [0.3, 0.4) is 0 Å². The highest BCUT2D eigenvalue weighted by Crippen LogP contribution is 2.15. The largest absolute Gasteiger partial charge is 0.373 e. The van der Waals surface area contributed by atoms with Crippen molar-refractivity contribution in [3.05, 3.63) is 29.8 Å². The third kappa shape index (κ3) is 5.69. The van der Waals surface area contributed by atoms with Crippen molar-refractivity contribution >= 4 is 17.5 Å². The molecule has 0 radical (unpaired) electrons. The standard InChI is InChI=1S/C15H22O2S/c1-12(2)5-4-10-17-11-15(16)13-6-8-14(18-3)9-7-13/h6-9,12H,4-5,10-11H2,1-3H3. The van der Waals surface area contributed by atoms with Crippen LogP contribution in [0.5, 0.6) is 0 Å². The molecule has 0 bridgehead atoms. The van der Waals surface area contributed by atoms with Crippen LogP contribution in [-0.4, -0.2) is 25.3 Å². The Labute approximate surface area is 114 Å². The molecular weight excluding hydrogens is 244 g/mol. The van der Waals surface area contributed by atoms with Crippen molar-refractivity contribution in [1.82, 2.24) is 0 Å². The maximum atomic E-state index is 11.8. The Bertz CT molecular complexity index is 357. The number of thioether (sulfide) groups is 1. The smallest absolute Gasteiger partial charge is 0.188 e. The van der Waals surface area contributed by atoms with Gasteiger partial charge in [0.15, 0.2) is 5.78 Å². The van der Waals surface area contributed by atoms with Crippen LogP contribution in [0.1, 0.15) is 37.0 Å². The first-order valence-corrected chi connectivity index (χ1v) is 7.61. The average Bonchev–Trinajstić information content (AvgIpc) is 2.38. The average molecular weight is 266 g/mol. The molecule has 1 aromatic rings. The van der Waals surface area contributed by atoms with Gasteiger partial charge in [0.05, 0.1) is 0 Å².